The van der Waals surface area contributed by atoms with Crippen LogP contribution in [0.25, 0.3) is 0 Å². The van der Waals surface area contributed by atoms with Crippen molar-refractivity contribution in [3.05, 3.63) is 21.7 Å². The summed E-state index contributed by atoms with van der Waals surface area (Å²) >= 11 is 0. The van der Waals surface area contributed by atoms with Crippen LogP contribution >= 0.6 is 0 Å². The predicted octanol–water partition coefficient (Wildman–Crippen LogP) is -0.761. The van der Waals surface area contributed by atoms with Crippen LogP contribution in [0, 0.1) is 0 Å². The summed E-state index contributed by atoms with van der Waals surface area (Å²) in [6.45, 7) is 0.505. The second-order valence-electron chi connectivity index (χ2n) is 2.85. The number of hydrogen-bond donors (Lipinski definition) is 3. The second-order valence-corrected chi connectivity index (χ2v) is 2.85. The maximum Gasteiger partial charge on any atom is 0.325 e. The molecule has 70 valence electrons. The molecule has 0 aromatic carbocycles. The lowest BCUT2D eigenvalue weighted by molar-refractivity contribution is -0.139. The normalized spacial score (nSPS) is 21.1. The molecule has 0 amide bonds. The molecule has 0 spiro atoms. The number of aliphatic carboxylic acids is 1. The van der Waals surface area contributed by atoms with Crippen LogP contribution < -0.4 is 10.9 Å². The number of aromatic nitrogens is 1. The summed E-state index contributed by atoms with van der Waals surface area (Å²) in [7, 11) is 0. The summed E-state index contributed by atoms with van der Waals surface area (Å²) in [4.78, 5) is 21.8. The second kappa shape index (κ2) is 2.74. The monoisotopic (exact) mass is 184 g/mol. The minimum atomic E-state index is -1.06. The zero-order chi connectivity index (χ0) is 9.42. The van der Waals surface area contributed by atoms with E-state index in [0.29, 0.717) is 18.7 Å². The van der Waals surface area contributed by atoms with Crippen molar-refractivity contribution in [2.75, 3.05) is 6.54 Å². The molecule has 0 aliphatic carbocycles. The van der Waals surface area contributed by atoms with Crippen molar-refractivity contribution in [2.45, 2.75) is 12.5 Å². The third kappa shape index (κ3) is 1.15. The minimum absolute atomic E-state index is 0.193. The quantitative estimate of drug-likeness (QED) is 0.533. The van der Waals surface area contributed by atoms with E-state index in [1.54, 1.807) is 0 Å². The SMILES string of the molecule is O=C(O)[C@@H]1NCCc2o[nH]c(=O)c21. The maximum absolute atomic E-state index is 11.1. The first kappa shape index (κ1) is 8.06. The van der Waals surface area contributed by atoms with Gasteiger partial charge in [-0.15, -0.1) is 0 Å². The lowest BCUT2D eigenvalue weighted by Gasteiger charge is -2.17. The van der Waals surface area contributed by atoms with E-state index in [-0.39, 0.29) is 5.56 Å². The van der Waals surface area contributed by atoms with Crippen LogP contribution in [0.5, 0.6) is 0 Å². The fourth-order valence-electron chi connectivity index (χ4n) is 1.47. The zero-order valence-corrected chi connectivity index (χ0v) is 6.66. The summed E-state index contributed by atoms with van der Waals surface area (Å²) < 4.78 is 4.83. The molecule has 2 rings (SSSR count). The largest absolute Gasteiger partial charge is 0.480 e. The number of carbonyl (C=O) groups is 1. The van der Waals surface area contributed by atoms with E-state index in [4.69, 9.17) is 9.63 Å². The molecule has 1 aliphatic rings. The van der Waals surface area contributed by atoms with Gasteiger partial charge in [0.25, 0.3) is 5.56 Å². The van der Waals surface area contributed by atoms with Gasteiger partial charge in [0.2, 0.25) is 0 Å². The average Bonchev–Trinajstić information content (AvgIpc) is 2.48. The number of H-pyrrole nitrogens is 1. The van der Waals surface area contributed by atoms with Gasteiger partial charge in [-0.3, -0.25) is 14.9 Å². The van der Waals surface area contributed by atoms with Crippen LogP contribution in [0.3, 0.4) is 0 Å². The van der Waals surface area contributed by atoms with E-state index < -0.39 is 17.6 Å². The molecule has 2 heterocycles. The lowest BCUT2D eigenvalue weighted by atomic mass is 10.0. The molecule has 1 aromatic heterocycles. The Bertz CT molecular complexity index is 391. The van der Waals surface area contributed by atoms with Crippen LogP contribution in [0.4, 0.5) is 0 Å². The van der Waals surface area contributed by atoms with Crippen LogP contribution in [-0.2, 0) is 11.2 Å². The van der Waals surface area contributed by atoms with Gasteiger partial charge in [0.15, 0.2) is 0 Å². The Morgan fingerprint density at radius 2 is 2.38 bits per heavy atom. The summed E-state index contributed by atoms with van der Waals surface area (Å²) in [5.74, 6) is -0.621. The predicted molar refractivity (Wildman–Crippen MR) is 41.4 cm³/mol. The van der Waals surface area contributed by atoms with Crippen LogP contribution in [-0.4, -0.2) is 22.8 Å². The van der Waals surface area contributed by atoms with Gasteiger partial charge in [0.1, 0.15) is 11.8 Å². The van der Waals surface area contributed by atoms with E-state index in [1.807, 2.05) is 0 Å². The molecule has 3 N–H and O–H groups in total. The van der Waals surface area contributed by atoms with Crippen LogP contribution in [0.1, 0.15) is 17.4 Å². The zero-order valence-electron chi connectivity index (χ0n) is 6.66. The van der Waals surface area contributed by atoms with Crippen molar-refractivity contribution in [2.24, 2.45) is 0 Å². The minimum Gasteiger partial charge on any atom is -0.480 e. The Hall–Kier alpha value is -1.56. The fourth-order valence-corrected chi connectivity index (χ4v) is 1.47. The molecule has 0 radical (unpaired) electrons. The molecule has 1 aliphatic heterocycles. The summed E-state index contributed by atoms with van der Waals surface area (Å²) in [6.07, 6.45) is 0.540. The number of carboxylic acid groups (broad SMARTS) is 1. The standard InChI is InChI=1S/C7H8N2O4/c10-6-4-3(13-9-6)1-2-8-5(4)7(11)12/h5,8H,1-2H2,(H,9,10)(H,11,12)/t5-/m1/s1. The molecule has 13 heavy (non-hydrogen) atoms. The Balaban J connectivity index is 2.52. The number of aromatic amines is 1. The lowest BCUT2D eigenvalue weighted by Crippen LogP contribution is -2.37. The Labute approximate surface area is 72.5 Å². The summed E-state index contributed by atoms with van der Waals surface area (Å²) in [6, 6.07) is -0.939. The first-order valence-electron chi connectivity index (χ1n) is 3.86. The fraction of sp³-hybridized carbons (Fsp3) is 0.429. The van der Waals surface area contributed by atoms with Crippen molar-refractivity contribution in [1.29, 1.82) is 0 Å². The highest BCUT2D eigenvalue weighted by Crippen LogP contribution is 2.18. The van der Waals surface area contributed by atoms with Crippen LogP contribution in [0.2, 0.25) is 0 Å². The van der Waals surface area contributed by atoms with Gasteiger partial charge in [-0.05, 0) is 0 Å². The van der Waals surface area contributed by atoms with Crippen molar-refractivity contribution in [1.82, 2.24) is 10.5 Å². The van der Waals surface area contributed by atoms with Crippen molar-refractivity contribution < 1.29 is 14.4 Å². The smallest absolute Gasteiger partial charge is 0.325 e. The summed E-state index contributed by atoms with van der Waals surface area (Å²) in [5, 5.41) is 13.6. The summed E-state index contributed by atoms with van der Waals surface area (Å²) in [5.41, 5.74) is -0.270. The van der Waals surface area contributed by atoms with Crippen molar-refractivity contribution in [3.8, 4) is 0 Å². The van der Waals surface area contributed by atoms with Gasteiger partial charge in [-0.1, -0.05) is 0 Å². The molecule has 0 fully saturated rings. The third-order valence-electron chi connectivity index (χ3n) is 2.05. The number of nitrogens with one attached hydrogen (secondary N) is 2. The first-order chi connectivity index (χ1) is 6.20. The van der Waals surface area contributed by atoms with Crippen LogP contribution in [0.15, 0.2) is 9.32 Å². The highest BCUT2D eigenvalue weighted by Gasteiger charge is 2.31. The number of fused-ring (bicyclic) bond motifs is 1. The molecule has 6 heteroatoms. The molecule has 1 aromatic rings. The van der Waals surface area contributed by atoms with Gasteiger partial charge >= 0.3 is 5.97 Å². The van der Waals surface area contributed by atoms with Crippen molar-refractivity contribution >= 4 is 5.97 Å². The third-order valence-corrected chi connectivity index (χ3v) is 2.05. The van der Waals surface area contributed by atoms with Gasteiger partial charge in [0.05, 0.1) is 5.56 Å². The van der Waals surface area contributed by atoms with E-state index in [1.165, 1.54) is 0 Å². The van der Waals surface area contributed by atoms with E-state index in [2.05, 4.69) is 10.5 Å². The van der Waals surface area contributed by atoms with E-state index in [9.17, 15) is 9.59 Å². The number of rotatable bonds is 1. The van der Waals surface area contributed by atoms with Gasteiger partial charge in [-0.2, -0.15) is 5.16 Å². The molecule has 0 saturated carbocycles. The van der Waals surface area contributed by atoms with Gasteiger partial charge < -0.3 is 9.63 Å². The Kier molecular flexibility index (Phi) is 1.70. The molecular weight excluding hydrogens is 176 g/mol. The topological polar surface area (TPSA) is 95.3 Å². The van der Waals surface area contributed by atoms with Gasteiger partial charge in [-0.25, -0.2) is 0 Å². The van der Waals surface area contributed by atoms with E-state index in [0.717, 1.165) is 0 Å². The number of carboxylic acids is 1. The molecular formula is C7H8N2O4. The Morgan fingerprint density at radius 1 is 1.62 bits per heavy atom. The molecule has 0 bridgehead atoms. The van der Waals surface area contributed by atoms with Crippen molar-refractivity contribution in [3.63, 3.8) is 0 Å². The molecule has 1 atom stereocenters. The van der Waals surface area contributed by atoms with Gasteiger partial charge in [0, 0.05) is 13.0 Å². The molecule has 6 nitrogen and oxygen atoms in total. The highest BCUT2D eigenvalue weighted by atomic mass is 16.5. The first-order valence-corrected chi connectivity index (χ1v) is 3.86. The number of hydrogen-bond acceptors (Lipinski definition) is 4. The highest BCUT2D eigenvalue weighted by molar-refractivity contribution is 5.76. The van der Waals surface area contributed by atoms with E-state index >= 15 is 0 Å². The molecule has 0 unspecified atom stereocenters. The Morgan fingerprint density at radius 3 is 3.08 bits per heavy atom. The maximum atomic E-state index is 11.1. The average molecular weight is 184 g/mol. The molecule has 0 saturated heterocycles.